The number of hydrogen-bond acceptors (Lipinski definition) is 2. The number of halogens is 8. The number of alkyl halides is 6. The highest BCUT2D eigenvalue weighted by atomic mass is 19.4. The van der Waals surface area contributed by atoms with E-state index in [0.29, 0.717) is 37.3 Å². The molecule has 3 N–H and O–H groups in total. The molecule has 44 heavy (non-hydrogen) atoms. The molecule has 0 aliphatic rings. The molecule has 13 heteroatoms. The number of hydrogen-bond donors (Lipinski definition) is 3. The largest absolute Gasteiger partial charge is 0.481 e. The molecule has 0 aromatic heterocycles. The summed E-state index contributed by atoms with van der Waals surface area (Å²) in [5.74, 6) is -2.94. The average molecular weight is 631 g/mol. The molecule has 3 aromatic rings. The van der Waals surface area contributed by atoms with Gasteiger partial charge in [-0.2, -0.15) is 26.3 Å². The highest BCUT2D eigenvalue weighted by molar-refractivity contribution is 5.76. The van der Waals surface area contributed by atoms with Crippen LogP contribution in [0.2, 0.25) is 0 Å². The van der Waals surface area contributed by atoms with Crippen LogP contribution in [0.3, 0.4) is 0 Å². The van der Waals surface area contributed by atoms with E-state index >= 15 is 0 Å². The van der Waals surface area contributed by atoms with Gasteiger partial charge >= 0.3 is 24.4 Å². The van der Waals surface area contributed by atoms with E-state index in [1.165, 1.54) is 12.1 Å². The smallest absolute Gasteiger partial charge is 0.416 e. The minimum Gasteiger partial charge on any atom is -0.481 e. The summed E-state index contributed by atoms with van der Waals surface area (Å²) in [6.45, 7) is -1.76. The van der Waals surface area contributed by atoms with Gasteiger partial charge in [0, 0.05) is 12.8 Å². The molecule has 238 valence electrons. The molecule has 0 saturated carbocycles. The van der Waals surface area contributed by atoms with E-state index in [0.717, 1.165) is 12.1 Å². The minimum absolute atomic E-state index is 0.00418. The zero-order valence-electron chi connectivity index (χ0n) is 23.3. The summed E-state index contributed by atoms with van der Waals surface area (Å²) in [6, 6.07) is 11.6. The summed E-state index contributed by atoms with van der Waals surface area (Å²) in [4.78, 5) is 23.6. The van der Waals surface area contributed by atoms with E-state index < -0.39 is 59.2 Å². The number of carbonyl (C=O) groups excluding carboxylic acids is 1. The molecule has 0 heterocycles. The average Bonchev–Trinajstić information content (AvgIpc) is 2.93. The van der Waals surface area contributed by atoms with Crippen molar-refractivity contribution in [3.05, 3.63) is 106 Å². The first-order valence-corrected chi connectivity index (χ1v) is 13.6. The van der Waals surface area contributed by atoms with Crippen molar-refractivity contribution in [1.82, 2.24) is 10.6 Å². The standard InChI is InChI=1S/C31H30F8N2O3/c32-25-16-23(15-24(17-25)31(37,38)39)29(18-20-8-4-3-5-9-20,41-28(44)40-19-30(34,35)36)22-12-13-26(33)21(14-22)10-6-1-2-7-11-27(42)43/h3-5,8-9,12-17H,1-2,6-7,10-11,18-19H2,(H,42,43)(H2,40,41,44). The number of urea groups is 1. The van der Waals surface area contributed by atoms with Crippen LogP contribution < -0.4 is 10.6 Å². The number of rotatable bonds is 13. The van der Waals surface area contributed by atoms with Crippen LogP contribution in [-0.2, 0) is 29.4 Å². The van der Waals surface area contributed by atoms with Gasteiger partial charge in [-0.15, -0.1) is 0 Å². The minimum atomic E-state index is -5.01. The van der Waals surface area contributed by atoms with Crippen molar-refractivity contribution in [2.24, 2.45) is 0 Å². The normalized spacial score (nSPS) is 13.3. The maximum absolute atomic E-state index is 15.0. The fraction of sp³-hybridized carbons (Fsp3) is 0.355. The van der Waals surface area contributed by atoms with Crippen LogP contribution >= 0.6 is 0 Å². The molecule has 1 unspecified atom stereocenters. The van der Waals surface area contributed by atoms with Gasteiger partial charge in [-0.3, -0.25) is 4.79 Å². The monoisotopic (exact) mass is 630 g/mol. The van der Waals surface area contributed by atoms with Gasteiger partial charge in [0.1, 0.15) is 18.2 Å². The zero-order valence-corrected chi connectivity index (χ0v) is 23.3. The van der Waals surface area contributed by atoms with Crippen LogP contribution in [0.1, 0.15) is 59.9 Å². The fourth-order valence-electron chi connectivity index (χ4n) is 4.86. The van der Waals surface area contributed by atoms with Gasteiger partial charge < -0.3 is 15.7 Å². The van der Waals surface area contributed by atoms with E-state index in [4.69, 9.17) is 5.11 Å². The van der Waals surface area contributed by atoms with Crippen LogP contribution in [0, 0.1) is 11.6 Å². The third-order valence-electron chi connectivity index (χ3n) is 6.93. The van der Waals surface area contributed by atoms with Gasteiger partial charge in [0.2, 0.25) is 0 Å². The highest BCUT2D eigenvalue weighted by Gasteiger charge is 2.41. The first kappa shape index (κ1) is 34.3. The summed E-state index contributed by atoms with van der Waals surface area (Å²) >= 11 is 0. The third kappa shape index (κ3) is 9.95. The first-order chi connectivity index (χ1) is 20.6. The van der Waals surface area contributed by atoms with Crippen LogP contribution in [-0.4, -0.2) is 29.8 Å². The Morgan fingerprint density at radius 3 is 2.05 bits per heavy atom. The number of aryl methyl sites for hydroxylation is 1. The van der Waals surface area contributed by atoms with Gasteiger partial charge in [0.15, 0.2) is 0 Å². The van der Waals surface area contributed by atoms with E-state index in [2.05, 4.69) is 5.32 Å². The lowest BCUT2D eigenvalue weighted by Crippen LogP contribution is -2.53. The van der Waals surface area contributed by atoms with Crippen LogP contribution in [0.5, 0.6) is 0 Å². The molecule has 0 saturated heterocycles. The Hall–Kier alpha value is -4.16. The van der Waals surface area contributed by atoms with Crippen LogP contribution in [0.4, 0.5) is 39.9 Å². The molecule has 5 nitrogen and oxygen atoms in total. The second kappa shape index (κ2) is 14.5. The Labute approximate surface area is 248 Å². The molecule has 3 aromatic carbocycles. The molecule has 0 bridgehead atoms. The highest BCUT2D eigenvalue weighted by Crippen LogP contribution is 2.39. The molecular formula is C31H30F8N2O3. The molecule has 2 amide bonds. The maximum Gasteiger partial charge on any atom is 0.416 e. The van der Waals surface area contributed by atoms with E-state index in [1.54, 1.807) is 35.6 Å². The second-order valence-electron chi connectivity index (χ2n) is 10.3. The number of carboxylic acids is 1. The topological polar surface area (TPSA) is 78.4 Å². The quantitative estimate of drug-likeness (QED) is 0.133. The number of aliphatic carboxylic acids is 1. The zero-order chi connectivity index (χ0) is 32.5. The van der Waals surface area contributed by atoms with E-state index in [1.807, 2.05) is 0 Å². The number of carboxylic acid groups (broad SMARTS) is 1. The van der Waals surface area contributed by atoms with Crippen molar-refractivity contribution >= 4 is 12.0 Å². The number of carbonyl (C=O) groups is 2. The van der Waals surface area contributed by atoms with Crippen molar-refractivity contribution in [1.29, 1.82) is 0 Å². The molecule has 0 aliphatic heterocycles. The summed E-state index contributed by atoms with van der Waals surface area (Å²) in [5.41, 5.74) is -3.39. The lowest BCUT2D eigenvalue weighted by Gasteiger charge is -2.37. The molecule has 0 aliphatic carbocycles. The molecular weight excluding hydrogens is 600 g/mol. The molecule has 0 radical (unpaired) electrons. The molecule has 1 atom stereocenters. The summed E-state index contributed by atoms with van der Waals surface area (Å²) < 4.78 is 110. The van der Waals surface area contributed by atoms with Crippen LogP contribution in [0.15, 0.2) is 66.7 Å². The van der Waals surface area contributed by atoms with Crippen molar-refractivity contribution < 1.29 is 49.8 Å². The van der Waals surface area contributed by atoms with E-state index in [-0.39, 0.29) is 36.5 Å². The number of benzene rings is 3. The SMILES string of the molecule is O=C(O)CCCCCCc1cc(C(Cc2ccccc2)(NC(=O)NCC(F)(F)F)c2cc(F)cc(C(F)(F)F)c2)ccc1F. The Morgan fingerprint density at radius 1 is 0.750 bits per heavy atom. The Kier molecular flexibility index (Phi) is 11.3. The van der Waals surface area contributed by atoms with Crippen molar-refractivity contribution in [3.63, 3.8) is 0 Å². The fourth-order valence-corrected chi connectivity index (χ4v) is 4.86. The summed E-state index contributed by atoms with van der Waals surface area (Å²) in [6.07, 6.45) is -8.13. The summed E-state index contributed by atoms with van der Waals surface area (Å²) in [5, 5.41) is 12.8. The second-order valence-corrected chi connectivity index (χ2v) is 10.3. The van der Waals surface area contributed by atoms with Crippen molar-refractivity contribution in [2.45, 2.75) is 62.8 Å². The Bertz CT molecular complexity index is 1430. The van der Waals surface area contributed by atoms with Gasteiger partial charge in [-0.05, 0) is 65.8 Å². The number of unbranched alkanes of at least 4 members (excludes halogenated alkanes) is 3. The van der Waals surface area contributed by atoms with Gasteiger partial charge in [0.25, 0.3) is 0 Å². The number of amides is 2. The van der Waals surface area contributed by atoms with Gasteiger partial charge in [0.05, 0.1) is 11.1 Å². The predicted octanol–water partition coefficient (Wildman–Crippen LogP) is 7.91. The van der Waals surface area contributed by atoms with E-state index in [9.17, 15) is 44.7 Å². The molecule has 0 spiro atoms. The van der Waals surface area contributed by atoms with Gasteiger partial charge in [-0.1, -0.05) is 55.3 Å². The summed E-state index contributed by atoms with van der Waals surface area (Å²) in [7, 11) is 0. The maximum atomic E-state index is 15.0. The van der Waals surface area contributed by atoms with Crippen molar-refractivity contribution in [2.75, 3.05) is 6.54 Å². The Balaban J connectivity index is 2.16. The lowest BCUT2D eigenvalue weighted by atomic mass is 9.76. The molecule has 0 fully saturated rings. The van der Waals surface area contributed by atoms with Crippen molar-refractivity contribution in [3.8, 4) is 0 Å². The Morgan fingerprint density at radius 2 is 1.41 bits per heavy atom. The number of nitrogens with one attached hydrogen (secondary N) is 2. The first-order valence-electron chi connectivity index (χ1n) is 13.6. The third-order valence-corrected chi connectivity index (χ3v) is 6.93. The van der Waals surface area contributed by atoms with Gasteiger partial charge in [-0.25, -0.2) is 13.6 Å². The lowest BCUT2D eigenvalue weighted by molar-refractivity contribution is -0.138. The predicted molar refractivity (Wildman–Crippen MR) is 146 cm³/mol. The van der Waals surface area contributed by atoms with Crippen LogP contribution in [0.25, 0.3) is 0 Å². The molecule has 3 rings (SSSR count).